The van der Waals surface area contributed by atoms with Gasteiger partial charge < -0.3 is 16.2 Å². The van der Waals surface area contributed by atoms with Crippen molar-refractivity contribution >= 4 is 0 Å². The maximum Gasteiger partial charge on any atom is 0.0811 e. The van der Waals surface area contributed by atoms with Gasteiger partial charge in [0.2, 0.25) is 0 Å². The number of hydrogen-bond acceptors (Lipinski definition) is 3. The first-order valence-corrected chi connectivity index (χ1v) is 5.41. The predicted molar refractivity (Wildman–Crippen MR) is 61.1 cm³/mol. The number of hydrogen-bond donors (Lipinski definition) is 2. The van der Waals surface area contributed by atoms with Crippen molar-refractivity contribution < 1.29 is 4.74 Å². The third kappa shape index (κ3) is 5.37. The van der Waals surface area contributed by atoms with E-state index in [1.165, 1.54) is 5.57 Å². The van der Waals surface area contributed by atoms with Crippen molar-refractivity contribution in [2.24, 2.45) is 11.5 Å². The highest BCUT2D eigenvalue weighted by atomic mass is 16.5. The lowest BCUT2D eigenvalue weighted by Crippen LogP contribution is -2.29. The Bertz CT molecular complexity index is 167. The molecule has 0 amide bonds. The molecule has 0 saturated heterocycles. The molecule has 0 aliphatic rings. The van der Waals surface area contributed by atoms with Crippen LogP contribution in [0.15, 0.2) is 11.6 Å². The van der Waals surface area contributed by atoms with Crippen LogP contribution >= 0.6 is 0 Å². The van der Waals surface area contributed by atoms with Gasteiger partial charge in [-0.1, -0.05) is 13.0 Å². The molecule has 14 heavy (non-hydrogen) atoms. The van der Waals surface area contributed by atoms with Gasteiger partial charge in [0, 0.05) is 19.2 Å². The summed E-state index contributed by atoms with van der Waals surface area (Å²) in [6, 6.07) is 0.151. The molecule has 2 atom stereocenters. The van der Waals surface area contributed by atoms with Gasteiger partial charge in [-0.15, -0.1) is 0 Å². The molecular weight excluding hydrogens is 176 g/mol. The van der Waals surface area contributed by atoms with Crippen LogP contribution in [0, 0.1) is 0 Å². The molecule has 0 bridgehead atoms. The molecule has 2 unspecified atom stereocenters. The van der Waals surface area contributed by atoms with Crippen LogP contribution in [0.3, 0.4) is 0 Å². The second kappa shape index (κ2) is 7.97. The van der Waals surface area contributed by atoms with Crippen LogP contribution in [0.25, 0.3) is 0 Å². The van der Waals surface area contributed by atoms with Crippen molar-refractivity contribution in [2.75, 3.05) is 13.2 Å². The fraction of sp³-hybridized carbons (Fsp3) is 0.818. The fourth-order valence-corrected chi connectivity index (χ4v) is 1.47. The summed E-state index contributed by atoms with van der Waals surface area (Å²) in [5.74, 6) is 0. The highest BCUT2D eigenvalue weighted by molar-refractivity contribution is 5.10. The van der Waals surface area contributed by atoms with Crippen LogP contribution < -0.4 is 11.5 Å². The summed E-state index contributed by atoms with van der Waals surface area (Å²) in [6.45, 7) is 7.36. The maximum absolute atomic E-state index is 5.76. The van der Waals surface area contributed by atoms with Crippen LogP contribution in [0.2, 0.25) is 0 Å². The summed E-state index contributed by atoms with van der Waals surface area (Å²) in [5, 5.41) is 0. The second-order valence-electron chi connectivity index (χ2n) is 3.55. The SMILES string of the molecule is CCC=C(CN)C(CC(C)N)OCC. The molecule has 84 valence electrons. The van der Waals surface area contributed by atoms with Gasteiger partial charge in [0.05, 0.1) is 6.10 Å². The van der Waals surface area contributed by atoms with Crippen LogP contribution in [0.4, 0.5) is 0 Å². The van der Waals surface area contributed by atoms with Gasteiger partial charge in [0.15, 0.2) is 0 Å². The zero-order valence-electron chi connectivity index (χ0n) is 9.62. The summed E-state index contributed by atoms with van der Waals surface area (Å²) in [5.41, 5.74) is 12.6. The van der Waals surface area contributed by atoms with Gasteiger partial charge in [-0.2, -0.15) is 0 Å². The van der Waals surface area contributed by atoms with Gasteiger partial charge in [0.25, 0.3) is 0 Å². The summed E-state index contributed by atoms with van der Waals surface area (Å²) in [6.07, 6.45) is 4.08. The van der Waals surface area contributed by atoms with Crippen LogP contribution in [0.1, 0.15) is 33.6 Å². The average molecular weight is 200 g/mol. The molecule has 3 nitrogen and oxygen atoms in total. The zero-order chi connectivity index (χ0) is 11.0. The fourth-order valence-electron chi connectivity index (χ4n) is 1.47. The van der Waals surface area contributed by atoms with Crippen LogP contribution in [0.5, 0.6) is 0 Å². The largest absolute Gasteiger partial charge is 0.374 e. The first-order chi connectivity index (χ1) is 6.65. The quantitative estimate of drug-likeness (QED) is 0.611. The maximum atomic E-state index is 5.76. The van der Waals surface area contributed by atoms with Crippen LogP contribution in [-0.4, -0.2) is 25.3 Å². The van der Waals surface area contributed by atoms with E-state index in [9.17, 15) is 0 Å². The molecular formula is C11H24N2O. The first-order valence-electron chi connectivity index (χ1n) is 5.41. The van der Waals surface area contributed by atoms with E-state index in [-0.39, 0.29) is 12.1 Å². The number of allylic oxidation sites excluding steroid dienone is 1. The molecule has 0 fully saturated rings. The normalized spacial score (nSPS) is 16.8. The van der Waals surface area contributed by atoms with E-state index in [0.29, 0.717) is 13.2 Å². The van der Waals surface area contributed by atoms with Crippen LogP contribution in [-0.2, 0) is 4.74 Å². The monoisotopic (exact) mass is 200 g/mol. The number of rotatable bonds is 7. The number of nitrogens with two attached hydrogens (primary N) is 2. The Labute approximate surface area is 87.5 Å². The standard InChI is InChI=1S/C11H24N2O/c1-4-6-10(8-12)11(14-5-2)7-9(3)13/h6,9,11H,4-5,7-8,12-13H2,1-3H3. The smallest absolute Gasteiger partial charge is 0.0811 e. The molecule has 0 aliphatic carbocycles. The minimum Gasteiger partial charge on any atom is -0.374 e. The lowest BCUT2D eigenvalue weighted by molar-refractivity contribution is 0.0773. The Morgan fingerprint density at radius 2 is 2.07 bits per heavy atom. The van der Waals surface area contributed by atoms with Crippen molar-refractivity contribution in [3.8, 4) is 0 Å². The van der Waals surface area contributed by atoms with Crippen molar-refractivity contribution in [1.29, 1.82) is 0 Å². The molecule has 3 heteroatoms. The summed E-state index contributed by atoms with van der Waals surface area (Å²) in [4.78, 5) is 0. The van der Waals surface area contributed by atoms with Crippen molar-refractivity contribution in [3.05, 3.63) is 11.6 Å². The number of ether oxygens (including phenoxy) is 1. The van der Waals surface area contributed by atoms with E-state index >= 15 is 0 Å². The Morgan fingerprint density at radius 3 is 2.43 bits per heavy atom. The second-order valence-corrected chi connectivity index (χ2v) is 3.55. The zero-order valence-corrected chi connectivity index (χ0v) is 9.62. The van der Waals surface area contributed by atoms with E-state index in [2.05, 4.69) is 13.0 Å². The lowest BCUT2D eigenvalue weighted by atomic mass is 10.0. The molecule has 0 radical (unpaired) electrons. The van der Waals surface area contributed by atoms with Crippen molar-refractivity contribution in [2.45, 2.75) is 45.8 Å². The molecule has 4 N–H and O–H groups in total. The molecule has 0 aliphatic heterocycles. The minimum atomic E-state index is 0.102. The molecule has 0 aromatic rings. The predicted octanol–water partition coefficient (Wildman–Crippen LogP) is 1.42. The van der Waals surface area contributed by atoms with Gasteiger partial charge in [0.1, 0.15) is 0 Å². The van der Waals surface area contributed by atoms with E-state index in [4.69, 9.17) is 16.2 Å². The molecule has 0 aromatic heterocycles. The van der Waals surface area contributed by atoms with Gasteiger partial charge in [-0.3, -0.25) is 0 Å². The Hall–Kier alpha value is -0.380. The summed E-state index contributed by atoms with van der Waals surface area (Å²) >= 11 is 0. The van der Waals surface area contributed by atoms with E-state index in [1.54, 1.807) is 0 Å². The van der Waals surface area contributed by atoms with Gasteiger partial charge in [-0.25, -0.2) is 0 Å². The molecule has 0 aromatic carbocycles. The summed E-state index contributed by atoms with van der Waals surface area (Å²) in [7, 11) is 0. The first kappa shape index (κ1) is 13.6. The lowest BCUT2D eigenvalue weighted by Gasteiger charge is -2.21. The Morgan fingerprint density at radius 1 is 1.43 bits per heavy atom. The highest BCUT2D eigenvalue weighted by Gasteiger charge is 2.14. The Balaban J connectivity index is 4.35. The van der Waals surface area contributed by atoms with Gasteiger partial charge >= 0.3 is 0 Å². The third-order valence-corrected chi connectivity index (χ3v) is 2.07. The van der Waals surface area contributed by atoms with Crippen molar-refractivity contribution in [1.82, 2.24) is 0 Å². The highest BCUT2D eigenvalue weighted by Crippen LogP contribution is 2.12. The van der Waals surface area contributed by atoms with Crippen molar-refractivity contribution in [3.63, 3.8) is 0 Å². The molecule has 0 spiro atoms. The third-order valence-electron chi connectivity index (χ3n) is 2.07. The summed E-state index contributed by atoms with van der Waals surface area (Å²) < 4.78 is 5.63. The van der Waals surface area contributed by atoms with E-state index in [0.717, 1.165) is 12.8 Å². The van der Waals surface area contributed by atoms with E-state index < -0.39 is 0 Å². The topological polar surface area (TPSA) is 61.3 Å². The van der Waals surface area contributed by atoms with E-state index in [1.807, 2.05) is 13.8 Å². The minimum absolute atomic E-state index is 0.102. The average Bonchev–Trinajstić information content (AvgIpc) is 2.13. The molecule has 0 heterocycles. The van der Waals surface area contributed by atoms with Gasteiger partial charge in [-0.05, 0) is 32.3 Å². The molecule has 0 saturated carbocycles. The molecule has 0 rings (SSSR count). The Kier molecular flexibility index (Phi) is 7.76.